The molecule has 0 bridgehead atoms. The molecule has 0 saturated carbocycles. The van der Waals surface area contributed by atoms with Gasteiger partial charge in [0.15, 0.2) is 0 Å². The zero-order valence-corrected chi connectivity index (χ0v) is 17.6. The molecular weight excluding hydrogens is 396 g/mol. The second-order valence-electron chi connectivity index (χ2n) is 7.73. The quantitative estimate of drug-likeness (QED) is 0.506. The van der Waals surface area contributed by atoms with Gasteiger partial charge >= 0.3 is 12.0 Å². The highest BCUT2D eigenvalue weighted by molar-refractivity contribution is 8.00. The number of carboxylic acid groups (broad SMARTS) is 1. The monoisotopic (exact) mass is 422 g/mol. The molecule has 5 nitrogen and oxygen atoms in total. The number of rotatable bonds is 8. The van der Waals surface area contributed by atoms with Crippen LogP contribution in [-0.4, -0.2) is 50.0 Å². The molecule has 2 fully saturated rings. The van der Waals surface area contributed by atoms with Gasteiger partial charge < -0.3 is 14.9 Å². The fourth-order valence-electron chi connectivity index (χ4n) is 4.24. The van der Waals surface area contributed by atoms with Crippen LogP contribution in [0.1, 0.15) is 24.0 Å². The predicted molar refractivity (Wildman–Crippen MR) is 119 cm³/mol. The average Bonchev–Trinajstić information content (AvgIpc) is 3.27. The molecule has 3 unspecified atom stereocenters. The van der Waals surface area contributed by atoms with Crippen LogP contribution < -0.4 is 0 Å². The highest BCUT2D eigenvalue weighted by Crippen LogP contribution is 2.41. The van der Waals surface area contributed by atoms with Gasteiger partial charge in [0.2, 0.25) is 0 Å². The summed E-state index contributed by atoms with van der Waals surface area (Å²) in [7, 11) is 0. The van der Waals surface area contributed by atoms with Crippen LogP contribution in [0.15, 0.2) is 72.8 Å². The number of carboxylic acids is 1. The normalized spacial score (nSPS) is 23.3. The van der Waals surface area contributed by atoms with E-state index in [0.29, 0.717) is 19.5 Å². The lowest BCUT2D eigenvalue weighted by molar-refractivity contribution is -0.136. The second-order valence-corrected chi connectivity index (χ2v) is 8.94. The number of hydrogen-bond acceptors (Lipinski definition) is 3. The number of carbonyl (C=O) groups excluding carboxylic acids is 1. The lowest BCUT2D eigenvalue weighted by Gasteiger charge is -2.26. The summed E-state index contributed by atoms with van der Waals surface area (Å²) in [5, 5.41) is 9.05. The van der Waals surface area contributed by atoms with Crippen LogP contribution in [0.25, 0.3) is 0 Å². The number of aliphatic carboxylic acids is 1. The number of benzene rings is 2. The van der Waals surface area contributed by atoms with Crippen LogP contribution in [0.5, 0.6) is 0 Å². The van der Waals surface area contributed by atoms with Crippen molar-refractivity contribution >= 4 is 23.8 Å². The Morgan fingerprint density at radius 2 is 1.60 bits per heavy atom. The van der Waals surface area contributed by atoms with E-state index in [9.17, 15) is 9.59 Å². The number of nitrogens with zero attached hydrogens (tertiary/aromatic N) is 2. The van der Waals surface area contributed by atoms with Crippen molar-refractivity contribution in [3.05, 3.63) is 83.9 Å². The van der Waals surface area contributed by atoms with Gasteiger partial charge in [0.25, 0.3) is 0 Å². The van der Waals surface area contributed by atoms with Gasteiger partial charge in [-0.3, -0.25) is 4.79 Å². The molecule has 2 aliphatic rings. The molecule has 2 amide bonds. The SMILES string of the molecule is O=C(O)CC/C=C\C1SCC2C1N(Cc1ccccc1)C(=O)N2Cc1ccccc1. The van der Waals surface area contributed by atoms with E-state index in [1.807, 2.05) is 64.0 Å². The predicted octanol–water partition coefficient (Wildman–Crippen LogP) is 4.40. The first-order valence-electron chi connectivity index (χ1n) is 10.3. The maximum Gasteiger partial charge on any atom is 0.321 e. The molecule has 156 valence electrons. The first-order chi connectivity index (χ1) is 14.6. The van der Waals surface area contributed by atoms with Crippen LogP contribution in [0.3, 0.4) is 0 Å². The first-order valence-corrected chi connectivity index (χ1v) is 11.3. The summed E-state index contributed by atoms with van der Waals surface area (Å²) < 4.78 is 0. The smallest absolute Gasteiger partial charge is 0.321 e. The Kier molecular flexibility index (Phi) is 6.43. The highest BCUT2D eigenvalue weighted by Gasteiger charge is 2.52. The minimum atomic E-state index is -0.785. The van der Waals surface area contributed by atoms with Gasteiger partial charge in [0.1, 0.15) is 0 Å². The van der Waals surface area contributed by atoms with Crippen molar-refractivity contribution in [2.45, 2.75) is 43.3 Å². The molecule has 4 rings (SSSR count). The fraction of sp³-hybridized carbons (Fsp3) is 0.333. The van der Waals surface area contributed by atoms with Gasteiger partial charge in [-0.1, -0.05) is 72.8 Å². The Morgan fingerprint density at radius 1 is 1.00 bits per heavy atom. The summed E-state index contributed by atoms with van der Waals surface area (Å²) >= 11 is 1.85. The molecule has 30 heavy (non-hydrogen) atoms. The van der Waals surface area contributed by atoms with Crippen molar-refractivity contribution in [3.8, 4) is 0 Å². The van der Waals surface area contributed by atoms with E-state index in [0.717, 1.165) is 16.9 Å². The van der Waals surface area contributed by atoms with E-state index in [2.05, 4.69) is 30.3 Å². The summed E-state index contributed by atoms with van der Waals surface area (Å²) in [5.41, 5.74) is 2.26. The Labute approximate surface area is 181 Å². The minimum Gasteiger partial charge on any atom is -0.481 e. The van der Waals surface area contributed by atoms with E-state index in [1.54, 1.807) is 0 Å². The van der Waals surface area contributed by atoms with Crippen molar-refractivity contribution in [1.29, 1.82) is 0 Å². The molecule has 6 heteroatoms. The molecule has 1 N–H and O–H groups in total. The third-order valence-corrected chi connectivity index (χ3v) is 7.04. The topological polar surface area (TPSA) is 60.9 Å². The number of urea groups is 1. The van der Waals surface area contributed by atoms with Crippen LogP contribution in [0, 0.1) is 0 Å². The summed E-state index contributed by atoms with van der Waals surface area (Å²) in [6.45, 7) is 1.20. The summed E-state index contributed by atoms with van der Waals surface area (Å²) in [4.78, 5) is 28.3. The van der Waals surface area contributed by atoms with E-state index in [4.69, 9.17) is 5.11 Å². The molecular formula is C24H26N2O3S. The summed E-state index contributed by atoms with van der Waals surface area (Å²) in [6.07, 6.45) is 4.72. The number of amides is 2. The number of hydrogen-bond donors (Lipinski definition) is 1. The number of allylic oxidation sites excluding steroid dienone is 1. The van der Waals surface area contributed by atoms with Gasteiger partial charge in [-0.25, -0.2) is 4.79 Å². The summed E-state index contributed by atoms with van der Waals surface area (Å²) in [5.74, 6) is 0.107. The largest absolute Gasteiger partial charge is 0.481 e. The third kappa shape index (κ3) is 4.54. The molecule has 0 radical (unpaired) electrons. The number of carbonyl (C=O) groups is 2. The Balaban J connectivity index is 1.56. The number of fused-ring (bicyclic) bond motifs is 1. The number of thioether (sulfide) groups is 1. The van der Waals surface area contributed by atoms with E-state index >= 15 is 0 Å². The fourth-order valence-corrected chi connectivity index (χ4v) is 5.79. The molecule has 2 heterocycles. The van der Waals surface area contributed by atoms with Crippen LogP contribution in [-0.2, 0) is 17.9 Å². The Morgan fingerprint density at radius 3 is 2.20 bits per heavy atom. The Bertz CT molecular complexity index is 903. The zero-order valence-electron chi connectivity index (χ0n) is 16.8. The van der Waals surface area contributed by atoms with E-state index in [-0.39, 0.29) is 29.8 Å². The highest BCUT2D eigenvalue weighted by atomic mass is 32.2. The third-order valence-electron chi connectivity index (χ3n) is 5.68. The van der Waals surface area contributed by atoms with Gasteiger partial charge in [-0.15, -0.1) is 11.8 Å². The minimum absolute atomic E-state index is 0.0851. The van der Waals surface area contributed by atoms with Crippen LogP contribution in [0.4, 0.5) is 4.79 Å². The molecule has 2 saturated heterocycles. The van der Waals surface area contributed by atoms with Gasteiger partial charge in [0.05, 0.1) is 12.1 Å². The van der Waals surface area contributed by atoms with Gasteiger partial charge in [-0.05, 0) is 17.5 Å². The van der Waals surface area contributed by atoms with Crippen molar-refractivity contribution < 1.29 is 14.7 Å². The lowest BCUT2D eigenvalue weighted by atomic mass is 10.0. The first kappa shape index (κ1) is 20.5. The molecule has 3 atom stereocenters. The molecule has 0 spiro atoms. The van der Waals surface area contributed by atoms with Crippen LogP contribution >= 0.6 is 11.8 Å². The van der Waals surface area contributed by atoms with E-state index in [1.165, 1.54) is 0 Å². The van der Waals surface area contributed by atoms with Crippen molar-refractivity contribution in [2.24, 2.45) is 0 Å². The van der Waals surface area contributed by atoms with Gasteiger partial charge in [-0.2, -0.15) is 0 Å². The molecule has 2 aromatic rings. The van der Waals surface area contributed by atoms with Crippen LogP contribution in [0.2, 0.25) is 0 Å². The molecule has 0 aromatic heterocycles. The Hall–Kier alpha value is -2.73. The average molecular weight is 423 g/mol. The standard InChI is InChI=1S/C24H26N2O3S/c27-22(28)14-8-7-13-21-23-20(17-30-21)25(15-18-9-3-1-4-10-18)24(29)26(23)16-19-11-5-2-6-12-19/h1-7,9-13,20-21,23H,8,14-17H2,(H,27,28)/b13-7-. The van der Waals surface area contributed by atoms with E-state index < -0.39 is 5.97 Å². The summed E-state index contributed by atoms with van der Waals surface area (Å²) in [6, 6.07) is 20.6. The van der Waals surface area contributed by atoms with Crippen molar-refractivity contribution in [1.82, 2.24) is 9.80 Å². The van der Waals surface area contributed by atoms with Gasteiger partial charge in [0, 0.05) is 30.5 Å². The van der Waals surface area contributed by atoms with Crippen molar-refractivity contribution in [3.63, 3.8) is 0 Å². The maximum absolute atomic E-state index is 13.4. The zero-order chi connectivity index (χ0) is 20.9. The molecule has 0 aliphatic carbocycles. The lowest BCUT2D eigenvalue weighted by Crippen LogP contribution is -2.39. The molecule has 2 aliphatic heterocycles. The second kappa shape index (κ2) is 9.39. The molecule has 2 aromatic carbocycles. The maximum atomic E-state index is 13.4. The van der Waals surface area contributed by atoms with Crippen molar-refractivity contribution in [2.75, 3.05) is 5.75 Å².